The van der Waals surface area contributed by atoms with Crippen LogP contribution in [-0.2, 0) is 6.42 Å². The van der Waals surface area contributed by atoms with Crippen LogP contribution in [0.4, 0.5) is 15.8 Å². The third kappa shape index (κ3) is 5.22. The van der Waals surface area contributed by atoms with E-state index in [0.717, 1.165) is 17.7 Å². The fraction of sp³-hybridized carbons (Fsp3) is 0.182. The van der Waals surface area contributed by atoms with Gasteiger partial charge >= 0.3 is 0 Å². The monoisotopic (exact) mass is 395 g/mol. The molecule has 29 heavy (non-hydrogen) atoms. The largest absolute Gasteiger partial charge is 0.493 e. The third-order valence-electron chi connectivity index (χ3n) is 4.31. The van der Waals surface area contributed by atoms with Crippen molar-refractivity contribution in [3.63, 3.8) is 0 Å². The number of aromatic nitrogens is 1. The van der Waals surface area contributed by atoms with Gasteiger partial charge in [-0.25, -0.2) is 9.37 Å². The Kier molecular flexibility index (Phi) is 6.63. The Morgan fingerprint density at radius 1 is 1.03 bits per heavy atom. The van der Waals surface area contributed by atoms with Crippen molar-refractivity contribution in [2.45, 2.75) is 6.42 Å². The first-order chi connectivity index (χ1) is 14.1. The van der Waals surface area contributed by atoms with Crippen molar-refractivity contribution in [2.75, 3.05) is 31.4 Å². The van der Waals surface area contributed by atoms with Crippen molar-refractivity contribution in [1.29, 1.82) is 0 Å². The Hall–Kier alpha value is -3.61. The predicted molar refractivity (Wildman–Crippen MR) is 110 cm³/mol. The second-order valence-corrected chi connectivity index (χ2v) is 6.23. The molecule has 0 radical (unpaired) electrons. The maximum Gasteiger partial charge on any atom is 0.274 e. The van der Waals surface area contributed by atoms with Gasteiger partial charge in [-0.1, -0.05) is 18.2 Å². The lowest BCUT2D eigenvalue weighted by Crippen LogP contribution is -2.14. The number of anilines is 2. The molecule has 3 aromatic rings. The summed E-state index contributed by atoms with van der Waals surface area (Å²) in [5.74, 6) is 0.427. The molecule has 2 N–H and O–H groups in total. The first-order valence-corrected chi connectivity index (χ1v) is 9.07. The molecule has 7 heteroatoms. The van der Waals surface area contributed by atoms with E-state index in [-0.39, 0.29) is 11.4 Å². The summed E-state index contributed by atoms with van der Waals surface area (Å²) in [5, 5.41) is 5.77. The van der Waals surface area contributed by atoms with Gasteiger partial charge in [0.05, 0.1) is 31.8 Å². The first kappa shape index (κ1) is 20.1. The maximum atomic E-state index is 13.6. The number of hydrogen-bond acceptors (Lipinski definition) is 5. The molecule has 1 amide bonds. The highest BCUT2D eigenvalue weighted by Crippen LogP contribution is 2.27. The van der Waals surface area contributed by atoms with Gasteiger partial charge in [0.25, 0.3) is 5.91 Å². The van der Waals surface area contributed by atoms with Crippen LogP contribution in [0.3, 0.4) is 0 Å². The molecule has 0 bridgehead atoms. The molecular weight excluding hydrogens is 373 g/mol. The highest BCUT2D eigenvalue weighted by atomic mass is 19.1. The first-order valence-electron chi connectivity index (χ1n) is 9.07. The lowest BCUT2D eigenvalue weighted by atomic mass is 10.1. The molecule has 1 heterocycles. The molecule has 2 aromatic carbocycles. The van der Waals surface area contributed by atoms with E-state index in [1.165, 1.54) is 12.1 Å². The number of benzene rings is 2. The quantitative estimate of drug-likeness (QED) is 0.600. The number of amides is 1. The van der Waals surface area contributed by atoms with Crippen LogP contribution in [0.5, 0.6) is 11.5 Å². The summed E-state index contributed by atoms with van der Waals surface area (Å²) >= 11 is 0. The second kappa shape index (κ2) is 9.54. The molecule has 0 fully saturated rings. The van der Waals surface area contributed by atoms with Crippen molar-refractivity contribution in [3.05, 3.63) is 77.9 Å². The van der Waals surface area contributed by atoms with E-state index in [1.54, 1.807) is 44.7 Å². The number of pyridine rings is 1. The van der Waals surface area contributed by atoms with Crippen LogP contribution in [0.2, 0.25) is 0 Å². The van der Waals surface area contributed by atoms with E-state index in [9.17, 15) is 9.18 Å². The van der Waals surface area contributed by atoms with E-state index in [2.05, 4.69) is 15.6 Å². The van der Waals surface area contributed by atoms with Crippen LogP contribution < -0.4 is 20.1 Å². The lowest BCUT2D eigenvalue weighted by Gasteiger charge is -2.11. The van der Waals surface area contributed by atoms with E-state index in [0.29, 0.717) is 18.0 Å². The summed E-state index contributed by atoms with van der Waals surface area (Å²) in [5.41, 5.74) is 2.21. The minimum absolute atomic E-state index is 0.122. The highest BCUT2D eigenvalue weighted by molar-refractivity contribution is 6.03. The van der Waals surface area contributed by atoms with Gasteiger partial charge in [-0.2, -0.15) is 0 Å². The number of halogens is 1. The average molecular weight is 395 g/mol. The number of carbonyl (C=O) groups excluding carboxylic acids is 1. The van der Waals surface area contributed by atoms with Crippen LogP contribution in [0, 0.1) is 5.82 Å². The Morgan fingerprint density at radius 2 is 1.83 bits per heavy atom. The Balaban J connectivity index is 1.54. The fourth-order valence-electron chi connectivity index (χ4n) is 2.77. The SMILES string of the molecule is COc1ccc(CCNc2ccc(C(=O)Nc3ccccc3F)nc2)cc1OC. The summed E-state index contributed by atoms with van der Waals surface area (Å²) < 4.78 is 24.2. The molecule has 0 aliphatic rings. The van der Waals surface area contributed by atoms with E-state index in [1.807, 2.05) is 18.2 Å². The van der Waals surface area contributed by atoms with Crippen LogP contribution in [-0.4, -0.2) is 31.7 Å². The highest BCUT2D eigenvalue weighted by Gasteiger charge is 2.10. The van der Waals surface area contributed by atoms with Crippen LogP contribution >= 0.6 is 0 Å². The van der Waals surface area contributed by atoms with Crippen LogP contribution in [0.1, 0.15) is 16.1 Å². The van der Waals surface area contributed by atoms with E-state index < -0.39 is 11.7 Å². The summed E-state index contributed by atoms with van der Waals surface area (Å²) in [4.78, 5) is 16.4. The van der Waals surface area contributed by atoms with Gasteiger partial charge < -0.3 is 20.1 Å². The second-order valence-electron chi connectivity index (χ2n) is 6.23. The summed E-state index contributed by atoms with van der Waals surface area (Å²) in [6, 6.07) is 15.1. The van der Waals surface area contributed by atoms with Gasteiger partial charge in [-0.15, -0.1) is 0 Å². The molecule has 0 atom stereocenters. The minimum atomic E-state index is -0.491. The zero-order valence-electron chi connectivity index (χ0n) is 16.2. The number of carbonyl (C=O) groups is 1. The van der Waals surface area contributed by atoms with Gasteiger partial charge in [0.2, 0.25) is 0 Å². The Bertz CT molecular complexity index is 977. The molecule has 6 nitrogen and oxygen atoms in total. The van der Waals surface area contributed by atoms with Crippen molar-refractivity contribution in [3.8, 4) is 11.5 Å². The molecule has 0 saturated heterocycles. The molecule has 0 spiro atoms. The predicted octanol–water partition coefficient (Wildman–Crippen LogP) is 4.14. The van der Waals surface area contributed by atoms with Gasteiger partial charge in [-0.05, 0) is 48.4 Å². The van der Waals surface area contributed by atoms with Crippen molar-refractivity contribution < 1.29 is 18.7 Å². The number of para-hydroxylation sites is 1. The van der Waals surface area contributed by atoms with E-state index >= 15 is 0 Å². The molecule has 0 unspecified atom stereocenters. The topological polar surface area (TPSA) is 72.5 Å². The summed E-state index contributed by atoms with van der Waals surface area (Å²) in [6.07, 6.45) is 2.35. The molecule has 150 valence electrons. The lowest BCUT2D eigenvalue weighted by molar-refractivity contribution is 0.102. The smallest absolute Gasteiger partial charge is 0.274 e. The van der Waals surface area contributed by atoms with Gasteiger partial charge in [-0.3, -0.25) is 4.79 Å². The summed E-state index contributed by atoms with van der Waals surface area (Å²) in [7, 11) is 3.21. The standard InChI is InChI=1S/C22H22FN3O3/c1-28-20-10-7-15(13-21(20)29-2)11-12-24-16-8-9-19(25-14-16)22(27)26-18-6-4-3-5-17(18)23/h3-10,13-14,24H,11-12H2,1-2H3,(H,26,27). The molecular formula is C22H22FN3O3. The third-order valence-corrected chi connectivity index (χ3v) is 4.31. The molecule has 3 rings (SSSR count). The van der Waals surface area contributed by atoms with Gasteiger partial charge in [0.1, 0.15) is 11.5 Å². The molecule has 0 aliphatic carbocycles. The Labute approximate surface area is 168 Å². The number of methoxy groups -OCH3 is 2. The Morgan fingerprint density at radius 3 is 2.52 bits per heavy atom. The zero-order chi connectivity index (χ0) is 20.6. The van der Waals surface area contributed by atoms with Crippen LogP contribution in [0.15, 0.2) is 60.8 Å². The number of hydrogen-bond donors (Lipinski definition) is 2. The summed E-state index contributed by atoms with van der Waals surface area (Å²) in [6.45, 7) is 0.679. The zero-order valence-corrected chi connectivity index (χ0v) is 16.2. The van der Waals surface area contributed by atoms with E-state index in [4.69, 9.17) is 9.47 Å². The minimum Gasteiger partial charge on any atom is -0.493 e. The van der Waals surface area contributed by atoms with Crippen molar-refractivity contribution >= 4 is 17.3 Å². The number of nitrogens with one attached hydrogen (secondary N) is 2. The van der Waals surface area contributed by atoms with Crippen molar-refractivity contribution in [1.82, 2.24) is 4.98 Å². The average Bonchev–Trinajstić information content (AvgIpc) is 2.75. The fourth-order valence-corrected chi connectivity index (χ4v) is 2.77. The number of nitrogens with zero attached hydrogens (tertiary/aromatic N) is 1. The molecule has 0 saturated carbocycles. The van der Waals surface area contributed by atoms with Crippen LogP contribution in [0.25, 0.3) is 0 Å². The number of ether oxygens (including phenoxy) is 2. The number of rotatable bonds is 8. The molecule has 0 aliphatic heterocycles. The van der Waals surface area contributed by atoms with Crippen molar-refractivity contribution in [2.24, 2.45) is 0 Å². The normalized spacial score (nSPS) is 10.3. The van der Waals surface area contributed by atoms with Gasteiger partial charge in [0, 0.05) is 6.54 Å². The molecule has 1 aromatic heterocycles. The maximum absolute atomic E-state index is 13.6. The van der Waals surface area contributed by atoms with Gasteiger partial charge in [0.15, 0.2) is 11.5 Å².